The van der Waals surface area contributed by atoms with Crippen molar-refractivity contribution in [2.45, 2.75) is 26.3 Å². The van der Waals surface area contributed by atoms with Crippen LogP contribution in [0.3, 0.4) is 0 Å². The molecule has 0 saturated heterocycles. The summed E-state index contributed by atoms with van der Waals surface area (Å²) in [5.41, 5.74) is 5.24. The number of hydrogen-bond acceptors (Lipinski definition) is 2. The first-order valence-corrected chi connectivity index (χ1v) is 4.81. The molecule has 0 aromatic rings. The summed E-state index contributed by atoms with van der Waals surface area (Å²) in [5, 5.41) is 5.56. The molecule has 4 N–H and O–H groups in total. The molecule has 0 saturated carbocycles. The zero-order valence-electron chi connectivity index (χ0n) is 9.63. The molecule has 0 unspecified atom stereocenters. The SMILES string of the molecule is C=CCNC(N)=NCC(=O)NC(C)(C)C. The highest BCUT2D eigenvalue weighted by Gasteiger charge is 2.12. The van der Waals surface area contributed by atoms with Crippen LogP contribution in [-0.4, -0.2) is 30.5 Å². The van der Waals surface area contributed by atoms with Gasteiger partial charge in [0.15, 0.2) is 5.96 Å². The van der Waals surface area contributed by atoms with Gasteiger partial charge in [-0.05, 0) is 20.8 Å². The van der Waals surface area contributed by atoms with E-state index in [2.05, 4.69) is 22.2 Å². The number of nitrogens with zero attached hydrogens (tertiary/aromatic N) is 1. The predicted octanol–water partition coefficient (Wildman–Crippen LogP) is -0.00860. The van der Waals surface area contributed by atoms with Gasteiger partial charge in [0, 0.05) is 12.1 Å². The number of carbonyl (C=O) groups excluding carboxylic acids is 1. The topological polar surface area (TPSA) is 79.5 Å². The number of nitrogens with two attached hydrogens (primary N) is 1. The first kappa shape index (κ1) is 13.5. The number of rotatable bonds is 4. The van der Waals surface area contributed by atoms with Crippen molar-refractivity contribution in [3.63, 3.8) is 0 Å². The van der Waals surface area contributed by atoms with Gasteiger partial charge in [-0.3, -0.25) is 4.79 Å². The fraction of sp³-hybridized carbons (Fsp3) is 0.600. The molecule has 0 aliphatic carbocycles. The maximum atomic E-state index is 11.3. The Hall–Kier alpha value is -1.52. The summed E-state index contributed by atoms with van der Waals surface area (Å²) in [6.45, 7) is 9.83. The Labute approximate surface area is 90.8 Å². The van der Waals surface area contributed by atoms with Crippen LogP contribution in [0.5, 0.6) is 0 Å². The second kappa shape index (κ2) is 6.06. The highest BCUT2D eigenvalue weighted by atomic mass is 16.2. The first-order chi connectivity index (χ1) is 6.85. The molecule has 0 heterocycles. The number of nitrogens with one attached hydrogen (secondary N) is 2. The van der Waals surface area contributed by atoms with Crippen LogP contribution in [0.25, 0.3) is 0 Å². The number of guanidine groups is 1. The van der Waals surface area contributed by atoms with Crippen molar-refractivity contribution < 1.29 is 4.79 Å². The van der Waals surface area contributed by atoms with Crippen molar-refractivity contribution >= 4 is 11.9 Å². The summed E-state index contributed by atoms with van der Waals surface area (Å²) in [7, 11) is 0. The Morgan fingerprint density at radius 2 is 2.13 bits per heavy atom. The zero-order valence-corrected chi connectivity index (χ0v) is 9.63. The first-order valence-electron chi connectivity index (χ1n) is 4.81. The molecular weight excluding hydrogens is 192 g/mol. The molecule has 5 nitrogen and oxygen atoms in total. The summed E-state index contributed by atoms with van der Waals surface area (Å²) in [6, 6.07) is 0. The van der Waals surface area contributed by atoms with Crippen molar-refractivity contribution in [3.05, 3.63) is 12.7 Å². The van der Waals surface area contributed by atoms with E-state index in [0.29, 0.717) is 6.54 Å². The summed E-state index contributed by atoms with van der Waals surface area (Å²) >= 11 is 0. The van der Waals surface area contributed by atoms with Crippen molar-refractivity contribution in [2.24, 2.45) is 10.7 Å². The lowest BCUT2D eigenvalue weighted by Gasteiger charge is -2.19. The Morgan fingerprint density at radius 3 is 2.60 bits per heavy atom. The minimum absolute atomic E-state index is 0.0350. The van der Waals surface area contributed by atoms with Crippen LogP contribution in [-0.2, 0) is 4.79 Å². The van der Waals surface area contributed by atoms with Crippen LogP contribution in [0.2, 0.25) is 0 Å². The van der Waals surface area contributed by atoms with Gasteiger partial charge in [0.05, 0.1) is 0 Å². The molecule has 0 aliphatic rings. The maximum absolute atomic E-state index is 11.3. The molecule has 0 rings (SSSR count). The van der Waals surface area contributed by atoms with E-state index in [9.17, 15) is 4.79 Å². The summed E-state index contributed by atoms with van der Waals surface area (Å²) < 4.78 is 0. The molecule has 0 aromatic carbocycles. The number of hydrogen-bond donors (Lipinski definition) is 3. The smallest absolute Gasteiger partial charge is 0.242 e. The predicted molar refractivity (Wildman–Crippen MR) is 62.6 cm³/mol. The highest BCUT2D eigenvalue weighted by Crippen LogP contribution is 1.97. The minimum Gasteiger partial charge on any atom is -0.370 e. The van der Waals surface area contributed by atoms with Gasteiger partial charge in [-0.1, -0.05) is 6.08 Å². The third-order valence-corrected chi connectivity index (χ3v) is 1.33. The molecule has 0 atom stereocenters. The lowest BCUT2D eigenvalue weighted by atomic mass is 10.1. The van der Waals surface area contributed by atoms with E-state index >= 15 is 0 Å². The van der Waals surface area contributed by atoms with Crippen molar-refractivity contribution in [1.29, 1.82) is 0 Å². The second-order valence-electron chi connectivity index (χ2n) is 4.17. The molecule has 0 aliphatic heterocycles. The molecule has 0 radical (unpaired) electrons. The quantitative estimate of drug-likeness (QED) is 0.348. The van der Waals surface area contributed by atoms with Crippen LogP contribution in [0.4, 0.5) is 0 Å². The molecule has 1 amide bonds. The zero-order chi connectivity index (χ0) is 11.9. The molecule has 5 heteroatoms. The van der Waals surface area contributed by atoms with E-state index in [0.717, 1.165) is 0 Å². The third-order valence-electron chi connectivity index (χ3n) is 1.33. The monoisotopic (exact) mass is 212 g/mol. The van der Waals surface area contributed by atoms with Crippen LogP contribution in [0.15, 0.2) is 17.6 Å². The van der Waals surface area contributed by atoms with Gasteiger partial charge in [-0.2, -0.15) is 0 Å². The van der Waals surface area contributed by atoms with E-state index in [-0.39, 0.29) is 24.0 Å². The average molecular weight is 212 g/mol. The van der Waals surface area contributed by atoms with Crippen molar-refractivity contribution in [3.8, 4) is 0 Å². The maximum Gasteiger partial charge on any atom is 0.242 e. The number of carbonyl (C=O) groups is 1. The summed E-state index contributed by atoms with van der Waals surface area (Å²) in [6.07, 6.45) is 1.66. The van der Waals surface area contributed by atoms with Crippen LogP contribution in [0, 0.1) is 0 Å². The lowest BCUT2D eigenvalue weighted by Crippen LogP contribution is -2.42. The van der Waals surface area contributed by atoms with Gasteiger partial charge in [-0.25, -0.2) is 4.99 Å². The standard InChI is InChI=1S/C10H20N4O/c1-5-6-12-9(11)13-7-8(15)14-10(2,3)4/h5H,1,6-7H2,2-4H3,(H,14,15)(H3,11,12,13). The van der Waals surface area contributed by atoms with E-state index in [4.69, 9.17) is 5.73 Å². The van der Waals surface area contributed by atoms with Crippen molar-refractivity contribution in [1.82, 2.24) is 10.6 Å². The highest BCUT2D eigenvalue weighted by molar-refractivity contribution is 5.84. The molecule has 15 heavy (non-hydrogen) atoms. The van der Waals surface area contributed by atoms with Gasteiger partial charge in [-0.15, -0.1) is 6.58 Å². The average Bonchev–Trinajstić information content (AvgIpc) is 2.08. The fourth-order valence-electron chi connectivity index (χ4n) is 0.847. The molecule has 0 bridgehead atoms. The van der Waals surface area contributed by atoms with E-state index in [1.165, 1.54) is 0 Å². The van der Waals surface area contributed by atoms with Crippen LogP contribution < -0.4 is 16.4 Å². The summed E-state index contributed by atoms with van der Waals surface area (Å²) in [5.74, 6) is 0.102. The van der Waals surface area contributed by atoms with Crippen LogP contribution >= 0.6 is 0 Å². The van der Waals surface area contributed by atoms with E-state index in [1.807, 2.05) is 20.8 Å². The molecule has 0 fully saturated rings. The second-order valence-corrected chi connectivity index (χ2v) is 4.17. The normalized spacial score (nSPS) is 12.1. The largest absolute Gasteiger partial charge is 0.370 e. The Balaban J connectivity index is 3.93. The van der Waals surface area contributed by atoms with Gasteiger partial charge in [0.1, 0.15) is 6.54 Å². The van der Waals surface area contributed by atoms with Gasteiger partial charge >= 0.3 is 0 Å². The third kappa shape index (κ3) is 8.80. The Morgan fingerprint density at radius 1 is 1.53 bits per heavy atom. The number of aliphatic imine (C=N–C) groups is 1. The van der Waals surface area contributed by atoms with Crippen molar-refractivity contribution in [2.75, 3.05) is 13.1 Å². The van der Waals surface area contributed by atoms with E-state index in [1.54, 1.807) is 6.08 Å². The molecule has 0 aromatic heterocycles. The number of amides is 1. The molecule has 0 spiro atoms. The minimum atomic E-state index is -0.240. The van der Waals surface area contributed by atoms with Gasteiger partial charge in [0.25, 0.3) is 0 Å². The summed E-state index contributed by atoms with van der Waals surface area (Å²) in [4.78, 5) is 15.2. The lowest BCUT2D eigenvalue weighted by molar-refractivity contribution is -0.121. The Bertz CT molecular complexity index is 253. The van der Waals surface area contributed by atoms with E-state index < -0.39 is 0 Å². The fourth-order valence-corrected chi connectivity index (χ4v) is 0.847. The molecular formula is C10H20N4O. The van der Waals surface area contributed by atoms with Crippen LogP contribution in [0.1, 0.15) is 20.8 Å². The molecule has 86 valence electrons. The Kier molecular flexibility index (Phi) is 5.44. The van der Waals surface area contributed by atoms with Gasteiger partial charge in [0.2, 0.25) is 5.91 Å². The van der Waals surface area contributed by atoms with Gasteiger partial charge < -0.3 is 16.4 Å².